The summed E-state index contributed by atoms with van der Waals surface area (Å²) in [4.78, 5) is 101. The quantitative estimate of drug-likeness (QED) is 0.0645. The second kappa shape index (κ2) is 19.1. The van der Waals surface area contributed by atoms with Crippen molar-refractivity contribution in [2.45, 2.75) is 78.1 Å². The molecule has 17 heteroatoms. The number of likely N-dealkylation sites (tertiary alicyclic amines) is 1. The van der Waals surface area contributed by atoms with Crippen LogP contribution in [0.4, 0.5) is 10.5 Å². The largest absolute Gasteiger partial charge is 0.461 e. The molecule has 0 aromatic heterocycles. The molecule has 1 aliphatic rings. The molecule has 3 atom stereocenters. The van der Waals surface area contributed by atoms with Crippen LogP contribution >= 0.6 is 0 Å². The number of carbonyl (C=O) groups is 8. The van der Waals surface area contributed by atoms with Gasteiger partial charge in [-0.25, -0.2) is 4.79 Å². The van der Waals surface area contributed by atoms with Gasteiger partial charge in [0.05, 0.1) is 18.4 Å². The average molecular weight is 689 g/mol. The smallest absolute Gasteiger partial charge is 0.312 e. The van der Waals surface area contributed by atoms with E-state index < -0.39 is 72.1 Å². The summed E-state index contributed by atoms with van der Waals surface area (Å²) in [6.45, 7) is 6.55. The molecule has 0 spiro atoms. The van der Waals surface area contributed by atoms with Crippen LogP contribution < -0.4 is 32.7 Å². The van der Waals surface area contributed by atoms with E-state index in [2.05, 4.69) is 21.3 Å². The minimum atomic E-state index is -1.06. The van der Waals surface area contributed by atoms with Crippen molar-refractivity contribution in [2.75, 3.05) is 32.0 Å². The van der Waals surface area contributed by atoms with Crippen LogP contribution in [0.5, 0.6) is 0 Å². The van der Waals surface area contributed by atoms with Crippen LogP contribution in [0.25, 0.3) is 0 Å². The SMILES string of the molecule is CC(C)C(=O)OCc1ccc(NC(=O)[C@H](CCCNC(N)=O)NC(=O)[C@@H](NC(=O)CCN(C)C(=O)CN2C(=O)CC(N)C2=O)C(C)C)cc1. The Morgan fingerprint density at radius 1 is 1.00 bits per heavy atom. The summed E-state index contributed by atoms with van der Waals surface area (Å²) in [7, 11) is 1.42. The van der Waals surface area contributed by atoms with Crippen molar-refractivity contribution in [3.05, 3.63) is 29.8 Å². The Labute approximate surface area is 285 Å². The number of nitrogens with zero attached hydrogens (tertiary/aromatic N) is 2. The first-order chi connectivity index (χ1) is 23.0. The van der Waals surface area contributed by atoms with Gasteiger partial charge < -0.3 is 42.4 Å². The summed E-state index contributed by atoms with van der Waals surface area (Å²) < 4.78 is 5.22. The van der Waals surface area contributed by atoms with E-state index in [1.807, 2.05) is 0 Å². The van der Waals surface area contributed by atoms with Gasteiger partial charge >= 0.3 is 12.0 Å². The molecule has 270 valence electrons. The summed E-state index contributed by atoms with van der Waals surface area (Å²) in [6.07, 6.45) is 0.0611. The molecule has 17 nitrogen and oxygen atoms in total. The Balaban J connectivity index is 2.01. The number of esters is 1. The van der Waals surface area contributed by atoms with Gasteiger partial charge in [-0.1, -0.05) is 39.8 Å². The van der Waals surface area contributed by atoms with Crippen LogP contribution in [-0.2, 0) is 44.9 Å². The zero-order valence-electron chi connectivity index (χ0n) is 28.6. The molecule has 1 heterocycles. The van der Waals surface area contributed by atoms with Gasteiger partial charge in [-0.05, 0) is 36.5 Å². The Kier molecular flexibility index (Phi) is 15.6. The second-order valence-corrected chi connectivity index (χ2v) is 12.4. The minimum Gasteiger partial charge on any atom is -0.461 e. The van der Waals surface area contributed by atoms with E-state index in [-0.39, 0.29) is 50.8 Å². The summed E-state index contributed by atoms with van der Waals surface area (Å²) in [6, 6.07) is 2.81. The topological polar surface area (TPSA) is 252 Å². The summed E-state index contributed by atoms with van der Waals surface area (Å²) in [5, 5.41) is 10.5. The van der Waals surface area contributed by atoms with E-state index >= 15 is 0 Å². The third-order valence-electron chi connectivity index (χ3n) is 7.61. The molecular formula is C32H48N8O9. The van der Waals surface area contributed by atoms with Crippen molar-refractivity contribution < 1.29 is 43.1 Å². The first kappa shape index (κ1) is 40.1. The molecule has 8 N–H and O–H groups in total. The van der Waals surface area contributed by atoms with Crippen LogP contribution in [0.2, 0.25) is 0 Å². The molecule has 8 amide bonds. The lowest BCUT2D eigenvalue weighted by Gasteiger charge is -2.26. The number of primary amides is 1. The highest BCUT2D eigenvalue weighted by atomic mass is 16.5. The van der Waals surface area contributed by atoms with Crippen molar-refractivity contribution in [2.24, 2.45) is 23.3 Å². The van der Waals surface area contributed by atoms with Gasteiger partial charge in [-0.15, -0.1) is 0 Å². The summed E-state index contributed by atoms with van der Waals surface area (Å²) in [5.74, 6) is -4.45. The minimum absolute atomic E-state index is 0.0593. The van der Waals surface area contributed by atoms with Gasteiger partial charge in [0.25, 0.3) is 0 Å². The summed E-state index contributed by atoms with van der Waals surface area (Å²) >= 11 is 0. The summed E-state index contributed by atoms with van der Waals surface area (Å²) in [5.41, 5.74) is 11.8. The van der Waals surface area contributed by atoms with Gasteiger partial charge in [0.15, 0.2) is 0 Å². The fraction of sp³-hybridized carbons (Fsp3) is 0.562. The van der Waals surface area contributed by atoms with E-state index in [9.17, 15) is 38.4 Å². The number of hydrogen-bond acceptors (Lipinski definition) is 10. The molecule has 0 bridgehead atoms. The highest BCUT2D eigenvalue weighted by molar-refractivity contribution is 6.07. The van der Waals surface area contributed by atoms with Gasteiger partial charge in [0.2, 0.25) is 35.4 Å². The molecule has 1 unspecified atom stereocenters. The third-order valence-corrected chi connectivity index (χ3v) is 7.61. The number of amides is 8. The maximum atomic E-state index is 13.4. The second-order valence-electron chi connectivity index (χ2n) is 12.4. The highest BCUT2D eigenvalue weighted by Gasteiger charge is 2.37. The Hall–Kier alpha value is -5.06. The van der Waals surface area contributed by atoms with Crippen LogP contribution in [0.3, 0.4) is 0 Å². The number of anilines is 1. The zero-order valence-corrected chi connectivity index (χ0v) is 28.6. The Morgan fingerprint density at radius 2 is 1.65 bits per heavy atom. The van der Waals surface area contributed by atoms with Gasteiger partial charge in [-0.2, -0.15) is 0 Å². The van der Waals surface area contributed by atoms with Crippen molar-refractivity contribution in [1.29, 1.82) is 0 Å². The Bertz CT molecular complexity index is 1380. The predicted octanol–water partition coefficient (Wildman–Crippen LogP) is -0.667. The normalized spacial score (nSPS) is 15.4. The van der Waals surface area contributed by atoms with E-state index in [4.69, 9.17) is 16.2 Å². The molecule has 1 aromatic carbocycles. The van der Waals surface area contributed by atoms with Crippen molar-refractivity contribution in [3.63, 3.8) is 0 Å². The number of hydrogen-bond donors (Lipinski definition) is 6. The van der Waals surface area contributed by atoms with Crippen molar-refractivity contribution in [3.8, 4) is 0 Å². The number of rotatable bonds is 18. The highest BCUT2D eigenvalue weighted by Crippen LogP contribution is 2.14. The van der Waals surface area contributed by atoms with E-state index in [1.165, 1.54) is 11.9 Å². The fourth-order valence-corrected chi connectivity index (χ4v) is 4.59. The molecule has 1 aliphatic heterocycles. The van der Waals surface area contributed by atoms with Crippen LogP contribution in [0.15, 0.2) is 24.3 Å². The van der Waals surface area contributed by atoms with Gasteiger partial charge in [0, 0.05) is 32.2 Å². The molecule has 1 fully saturated rings. The fourth-order valence-electron chi connectivity index (χ4n) is 4.59. The molecule has 2 rings (SSSR count). The molecular weight excluding hydrogens is 640 g/mol. The maximum absolute atomic E-state index is 13.4. The molecule has 1 saturated heterocycles. The third kappa shape index (κ3) is 13.2. The number of carbonyl (C=O) groups excluding carboxylic acids is 8. The predicted molar refractivity (Wildman–Crippen MR) is 177 cm³/mol. The number of ether oxygens (including phenoxy) is 1. The first-order valence-corrected chi connectivity index (χ1v) is 16.0. The van der Waals surface area contributed by atoms with Gasteiger partial charge in [0.1, 0.15) is 25.2 Å². The van der Waals surface area contributed by atoms with E-state index in [0.29, 0.717) is 17.7 Å². The number of nitrogens with one attached hydrogen (secondary N) is 4. The Morgan fingerprint density at radius 3 is 2.20 bits per heavy atom. The van der Waals surface area contributed by atoms with E-state index in [1.54, 1.807) is 52.0 Å². The van der Waals surface area contributed by atoms with Crippen molar-refractivity contribution >= 4 is 53.1 Å². The molecule has 1 aromatic rings. The number of urea groups is 1. The lowest BCUT2D eigenvalue weighted by Crippen LogP contribution is -2.54. The van der Waals surface area contributed by atoms with Crippen LogP contribution in [0.1, 0.15) is 58.9 Å². The number of imide groups is 1. The van der Waals surface area contributed by atoms with Gasteiger partial charge in [-0.3, -0.25) is 38.5 Å². The lowest BCUT2D eigenvalue weighted by molar-refractivity contribution is -0.148. The van der Waals surface area contributed by atoms with E-state index in [0.717, 1.165) is 4.90 Å². The maximum Gasteiger partial charge on any atom is 0.312 e. The monoisotopic (exact) mass is 688 g/mol. The van der Waals surface area contributed by atoms with Crippen molar-refractivity contribution in [1.82, 2.24) is 25.8 Å². The van der Waals surface area contributed by atoms with Crippen LogP contribution in [-0.4, -0.2) is 102 Å². The van der Waals surface area contributed by atoms with Crippen LogP contribution in [0, 0.1) is 11.8 Å². The lowest BCUT2D eigenvalue weighted by atomic mass is 10.0. The molecule has 0 aliphatic carbocycles. The average Bonchev–Trinajstić information content (AvgIpc) is 3.28. The number of likely N-dealkylation sites (N-methyl/N-ethyl adjacent to an activating group) is 1. The zero-order chi connectivity index (χ0) is 36.8. The first-order valence-electron chi connectivity index (χ1n) is 16.0. The molecule has 49 heavy (non-hydrogen) atoms. The number of nitrogens with two attached hydrogens (primary N) is 2. The standard InChI is InChI=1S/C32H48N8O9/c1-18(2)27(38-24(41)12-14-39(5)26(43)16-40-25(42)15-22(33)30(40)46)29(45)37-23(7-6-13-35-32(34)48)28(44)36-21-10-8-20(9-11-21)17-49-31(47)19(3)4/h8-11,18-19,22-23,27H,6-7,12-17,33H2,1-5H3,(H,36,44)(H,37,45)(H,38,41)(H3,34,35,48)/t22?,23-,27-/m0/s1. The molecule has 0 radical (unpaired) electrons. The number of benzene rings is 1. The molecule has 0 saturated carbocycles.